The minimum Gasteiger partial charge on any atom is -0.149 e. The molecule has 0 aliphatic rings. The smallest absolute Gasteiger partial charge is 0.00462 e. The monoisotopic (exact) mass is 140 g/mol. The van der Waals surface area contributed by atoms with Crippen molar-refractivity contribution < 1.29 is 0 Å². The molecule has 0 amide bonds. The van der Waals surface area contributed by atoms with Gasteiger partial charge in [0.05, 0.1) is 0 Å². The lowest BCUT2D eigenvalue weighted by Gasteiger charge is -1.91. The number of thiophene rings is 1. The van der Waals surface area contributed by atoms with Crippen molar-refractivity contribution in [1.29, 1.82) is 0 Å². The maximum Gasteiger partial charge on any atom is 0.00462 e. The number of aryl methyl sites for hydroxylation is 2. The molecular weight excluding hydrogens is 128 g/mol. The minimum absolute atomic E-state index is 1.18. The molecule has 0 fully saturated rings. The van der Waals surface area contributed by atoms with Gasteiger partial charge in [-0.1, -0.05) is 6.92 Å². The van der Waals surface area contributed by atoms with Crippen LogP contribution in [0.1, 0.15) is 22.9 Å². The van der Waals surface area contributed by atoms with E-state index in [0.717, 1.165) is 0 Å². The quantitative estimate of drug-likeness (QED) is 0.562. The van der Waals surface area contributed by atoms with Crippen molar-refractivity contribution in [3.8, 4) is 0 Å². The molecule has 0 N–H and O–H groups in total. The number of hydrogen-bond acceptors (Lipinski definition) is 1. The SMILES string of the molecule is CCc1csc(C)c1C. The summed E-state index contributed by atoms with van der Waals surface area (Å²) in [5, 5.41) is 2.25. The maximum atomic E-state index is 2.25. The molecule has 0 atom stereocenters. The largest absolute Gasteiger partial charge is 0.149 e. The van der Waals surface area contributed by atoms with Gasteiger partial charge in [-0.25, -0.2) is 0 Å². The van der Waals surface area contributed by atoms with E-state index in [1.165, 1.54) is 22.4 Å². The molecule has 0 spiro atoms. The van der Waals surface area contributed by atoms with Crippen molar-refractivity contribution in [2.45, 2.75) is 27.2 Å². The fourth-order valence-electron chi connectivity index (χ4n) is 0.911. The predicted octanol–water partition coefficient (Wildman–Crippen LogP) is 2.93. The van der Waals surface area contributed by atoms with E-state index in [1.807, 2.05) is 11.3 Å². The first-order chi connectivity index (χ1) is 4.25. The lowest BCUT2D eigenvalue weighted by atomic mass is 10.1. The molecule has 9 heavy (non-hydrogen) atoms. The van der Waals surface area contributed by atoms with E-state index in [2.05, 4.69) is 26.2 Å². The molecule has 0 unspecified atom stereocenters. The highest BCUT2D eigenvalue weighted by Crippen LogP contribution is 2.20. The molecule has 50 valence electrons. The van der Waals surface area contributed by atoms with Gasteiger partial charge in [-0.05, 0) is 36.8 Å². The van der Waals surface area contributed by atoms with Crippen LogP contribution in [0.5, 0.6) is 0 Å². The zero-order chi connectivity index (χ0) is 6.85. The zero-order valence-corrected chi connectivity index (χ0v) is 7.01. The van der Waals surface area contributed by atoms with Crippen LogP contribution < -0.4 is 0 Å². The van der Waals surface area contributed by atoms with Gasteiger partial charge in [-0.2, -0.15) is 0 Å². The zero-order valence-electron chi connectivity index (χ0n) is 6.19. The first-order valence-corrected chi connectivity index (χ1v) is 4.17. The average molecular weight is 140 g/mol. The van der Waals surface area contributed by atoms with Gasteiger partial charge in [0.2, 0.25) is 0 Å². The molecule has 0 aliphatic carbocycles. The molecule has 0 radical (unpaired) electrons. The summed E-state index contributed by atoms with van der Waals surface area (Å²) in [7, 11) is 0. The molecule has 0 aromatic carbocycles. The van der Waals surface area contributed by atoms with Crippen LogP contribution >= 0.6 is 11.3 Å². The molecule has 1 heterocycles. The molecule has 1 heteroatoms. The van der Waals surface area contributed by atoms with E-state index in [4.69, 9.17) is 0 Å². The third-order valence-electron chi connectivity index (χ3n) is 1.77. The molecule has 1 aromatic rings. The van der Waals surface area contributed by atoms with Crippen molar-refractivity contribution in [3.05, 3.63) is 21.4 Å². The van der Waals surface area contributed by atoms with E-state index in [-0.39, 0.29) is 0 Å². The minimum atomic E-state index is 1.18. The Morgan fingerprint density at radius 2 is 2.11 bits per heavy atom. The third kappa shape index (κ3) is 1.16. The molecule has 0 bridgehead atoms. The Morgan fingerprint density at radius 1 is 1.44 bits per heavy atom. The van der Waals surface area contributed by atoms with E-state index in [0.29, 0.717) is 0 Å². The highest BCUT2D eigenvalue weighted by molar-refractivity contribution is 7.10. The molecule has 0 nitrogen and oxygen atoms in total. The highest BCUT2D eigenvalue weighted by atomic mass is 32.1. The van der Waals surface area contributed by atoms with Crippen LogP contribution in [0.3, 0.4) is 0 Å². The average Bonchev–Trinajstić information content (AvgIpc) is 2.15. The van der Waals surface area contributed by atoms with Gasteiger partial charge in [-0.15, -0.1) is 11.3 Å². The summed E-state index contributed by atoms with van der Waals surface area (Å²) in [6.07, 6.45) is 1.18. The van der Waals surface area contributed by atoms with Crippen LogP contribution in [0.4, 0.5) is 0 Å². The van der Waals surface area contributed by atoms with Crippen LogP contribution in [0.15, 0.2) is 5.38 Å². The fourth-order valence-corrected chi connectivity index (χ4v) is 1.88. The van der Waals surface area contributed by atoms with Crippen LogP contribution in [0.25, 0.3) is 0 Å². The Hall–Kier alpha value is -0.300. The van der Waals surface area contributed by atoms with E-state index < -0.39 is 0 Å². The van der Waals surface area contributed by atoms with Gasteiger partial charge >= 0.3 is 0 Å². The van der Waals surface area contributed by atoms with Crippen LogP contribution in [0, 0.1) is 13.8 Å². The second kappa shape index (κ2) is 2.53. The Morgan fingerprint density at radius 3 is 2.33 bits per heavy atom. The first kappa shape index (κ1) is 6.81. The van der Waals surface area contributed by atoms with Crippen LogP contribution in [-0.2, 0) is 6.42 Å². The van der Waals surface area contributed by atoms with Gasteiger partial charge < -0.3 is 0 Å². The summed E-state index contributed by atoms with van der Waals surface area (Å²) in [6, 6.07) is 0. The van der Waals surface area contributed by atoms with E-state index in [1.54, 1.807) is 0 Å². The van der Waals surface area contributed by atoms with Crippen molar-refractivity contribution in [3.63, 3.8) is 0 Å². The first-order valence-electron chi connectivity index (χ1n) is 3.29. The van der Waals surface area contributed by atoms with Gasteiger partial charge in [0, 0.05) is 4.88 Å². The third-order valence-corrected chi connectivity index (χ3v) is 2.83. The summed E-state index contributed by atoms with van der Waals surface area (Å²) in [5.74, 6) is 0. The fraction of sp³-hybridized carbons (Fsp3) is 0.500. The van der Waals surface area contributed by atoms with Crippen LogP contribution in [-0.4, -0.2) is 0 Å². The lowest BCUT2D eigenvalue weighted by Crippen LogP contribution is -1.78. The second-order valence-corrected chi connectivity index (χ2v) is 3.38. The lowest BCUT2D eigenvalue weighted by molar-refractivity contribution is 1.12. The van der Waals surface area contributed by atoms with E-state index in [9.17, 15) is 0 Å². The summed E-state index contributed by atoms with van der Waals surface area (Å²) < 4.78 is 0. The Bertz CT molecular complexity index is 198. The topological polar surface area (TPSA) is 0 Å². The summed E-state index contributed by atoms with van der Waals surface area (Å²) in [6.45, 7) is 6.58. The summed E-state index contributed by atoms with van der Waals surface area (Å²) >= 11 is 1.86. The molecule has 0 aliphatic heterocycles. The van der Waals surface area contributed by atoms with Gasteiger partial charge in [-0.3, -0.25) is 0 Å². The van der Waals surface area contributed by atoms with Gasteiger partial charge in [0.1, 0.15) is 0 Å². The van der Waals surface area contributed by atoms with Crippen LogP contribution in [0.2, 0.25) is 0 Å². The van der Waals surface area contributed by atoms with Crippen molar-refractivity contribution >= 4 is 11.3 Å². The Labute approximate surface area is 60.5 Å². The summed E-state index contributed by atoms with van der Waals surface area (Å²) in [5.41, 5.74) is 3.00. The molecule has 1 aromatic heterocycles. The molecule has 0 saturated carbocycles. The van der Waals surface area contributed by atoms with Crippen molar-refractivity contribution in [2.75, 3.05) is 0 Å². The Balaban J connectivity index is 3.04. The van der Waals surface area contributed by atoms with Gasteiger partial charge in [0.25, 0.3) is 0 Å². The normalized spacial score (nSPS) is 10.1. The second-order valence-electron chi connectivity index (χ2n) is 2.30. The Kier molecular flexibility index (Phi) is 1.91. The summed E-state index contributed by atoms with van der Waals surface area (Å²) in [4.78, 5) is 1.46. The highest BCUT2D eigenvalue weighted by Gasteiger charge is 1.99. The van der Waals surface area contributed by atoms with E-state index >= 15 is 0 Å². The maximum absolute atomic E-state index is 2.25. The standard InChI is InChI=1S/C8H12S/c1-4-8-5-9-7(3)6(8)2/h5H,4H2,1-3H3. The van der Waals surface area contributed by atoms with Crippen molar-refractivity contribution in [1.82, 2.24) is 0 Å². The predicted molar refractivity (Wildman–Crippen MR) is 43.2 cm³/mol. The number of hydrogen-bond donors (Lipinski definition) is 0. The molecule has 1 rings (SSSR count). The van der Waals surface area contributed by atoms with Crippen molar-refractivity contribution in [2.24, 2.45) is 0 Å². The molecular formula is C8H12S. The number of rotatable bonds is 1. The van der Waals surface area contributed by atoms with Gasteiger partial charge in [0.15, 0.2) is 0 Å². The molecule has 0 saturated heterocycles.